The lowest BCUT2D eigenvalue weighted by molar-refractivity contribution is 0.273. The average Bonchev–Trinajstić information content (AvgIpc) is 2.93. The van der Waals surface area contributed by atoms with Gasteiger partial charge in [-0.25, -0.2) is 4.39 Å². The predicted octanol–water partition coefficient (Wildman–Crippen LogP) is 3.22. The van der Waals surface area contributed by atoms with Gasteiger partial charge in [0.1, 0.15) is 11.6 Å². The topological polar surface area (TPSA) is 36.3 Å². The van der Waals surface area contributed by atoms with Crippen LogP contribution in [0.4, 0.5) is 4.39 Å². The van der Waals surface area contributed by atoms with Crippen molar-refractivity contribution < 1.29 is 9.13 Å². The zero-order chi connectivity index (χ0) is 14.8. The molecule has 4 heteroatoms. The molecule has 0 unspecified atom stereocenters. The highest BCUT2D eigenvalue weighted by atomic mass is 19.1. The number of nitrogens with zero attached hydrogens (tertiary/aromatic N) is 2. The standard InChI is InChI=1S/C17H15FN2O/c1-21-14-5-2-12(3-6-14)9-20-10-15-13(8-19)4-7-17(18)16(15)11-20/h2-7H,9-11H2,1H3. The molecular formula is C17H15FN2O. The van der Waals surface area contributed by atoms with E-state index in [-0.39, 0.29) is 5.82 Å². The second-order valence-corrected chi connectivity index (χ2v) is 5.16. The highest BCUT2D eigenvalue weighted by molar-refractivity contribution is 5.45. The number of fused-ring (bicyclic) bond motifs is 1. The van der Waals surface area contributed by atoms with Crippen LogP contribution in [0.1, 0.15) is 22.3 Å². The number of methoxy groups -OCH3 is 1. The van der Waals surface area contributed by atoms with Crippen molar-refractivity contribution in [2.75, 3.05) is 7.11 Å². The Kier molecular flexibility index (Phi) is 3.59. The number of rotatable bonds is 3. The number of nitriles is 1. The molecule has 0 saturated heterocycles. The quantitative estimate of drug-likeness (QED) is 0.867. The molecule has 2 aromatic rings. The third-order valence-electron chi connectivity index (χ3n) is 3.82. The zero-order valence-electron chi connectivity index (χ0n) is 11.8. The van der Waals surface area contributed by atoms with Crippen LogP contribution in [0.15, 0.2) is 36.4 Å². The molecule has 106 valence electrons. The Hall–Kier alpha value is -2.38. The number of ether oxygens (including phenoxy) is 1. The summed E-state index contributed by atoms with van der Waals surface area (Å²) in [7, 11) is 1.64. The Morgan fingerprint density at radius 1 is 1.14 bits per heavy atom. The molecule has 0 spiro atoms. The summed E-state index contributed by atoms with van der Waals surface area (Å²) < 4.78 is 19.0. The van der Waals surface area contributed by atoms with E-state index in [1.165, 1.54) is 6.07 Å². The van der Waals surface area contributed by atoms with Gasteiger partial charge in [0.25, 0.3) is 0 Å². The van der Waals surface area contributed by atoms with Crippen molar-refractivity contribution in [1.29, 1.82) is 5.26 Å². The summed E-state index contributed by atoms with van der Waals surface area (Å²) in [4.78, 5) is 2.14. The maximum atomic E-state index is 13.9. The van der Waals surface area contributed by atoms with E-state index in [1.807, 2.05) is 24.3 Å². The van der Waals surface area contributed by atoms with Crippen molar-refractivity contribution >= 4 is 0 Å². The van der Waals surface area contributed by atoms with E-state index >= 15 is 0 Å². The second kappa shape index (κ2) is 5.55. The van der Waals surface area contributed by atoms with Gasteiger partial charge in [-0.2, -0.15) is 5.26 Å². The van der Waals surface area contributed by atoms with E-state index in [1.54, 1.807) is 13.2 Å². The lowest BCUT2D eigenvalue weighted by atomic mass is 10.0. The summed E-state index contributed by atoms with van der Waals surface area (Å²) in [6, 6.07) is 12.9. The summed E-state index contributed by atoms with van der Waals surface area (Å²) in [6.45, 7) is 1.88. The van der Waals surface area contributed by atoms with Gasteiger partial charge >= 0.3 is 0 Å². The highest BCUT2D eigenvalue weighted by Crippen LogP contribution is 2.29. The number of halogens is 1. The molecule has 2 aromatic carbocycles. The first kappa shape index (κ1) is 13.6. The van der Waals surface area contributed by atoms with Crippen LogP contribution in [-0.2, 0) is 19.6 Å². The lowest BCUT2D eigenvalue weighted by Crippen LogP contribution is -2.15. The van der Waals surface area contributed by atoms with Crippen molar-refractivity contribution in [3.8, 4) is 11.8 Å². The third kappa shape index (κ3) is 2.61. The van der Waals surface area contributed by atoms with Gasteiger partial charge in [0.05, 0.1) is 18.7 Å². The van der Waals surface area contributed by atoms with Gasteiger partial charge in [0.2, 0.25) is 0 Å². The molecule has 0 atom stereocenters. The van der Waals surface area contributed by atoms with E-state index in [2.05, 4.69) is 11.0 Å². The first-order chi connectivity index (χ1) is 10.2. The van der Waals surface area contributed by atoms with E-state index in [4.69, 9.17) is 10.00 Å². The molecule has 0 N–H and O–H groups in total. The minimum Gasteiger partial charge on any atom is -0.497 e. The average molecular weight is 282 g/mol. The molecule has 0 fully saturated rings. The first-order valence-electron chi connectivity index (χ1n) is 6.77. The SMILES string of the molecule is COc1ccc(CN2Cc3c(F)ccc(C#N)c3C2)cc1. The second-order valence-electron chi connectivity index (χ2n) is 5.16. The number of hydrogen-bond donors (Lipinski definition) is 0. The van der Waals surface area contributed by atoms with E-state index in [0.29, 0.717) is 24.2 Å². The first-order valence-corrected chi connectivity index (χ1v) is 6.77. The third-order valence-corrected chi connectivity index (χ3v) is 3.82. The summed E-state index contributed by atoms with van der Waals surface area (Å²) >= 11 is 0. The molecule has 3 nitrogen and oxygen atoms in total. The zero-order valence-corrected chi connectivity index (χ0v) is 11.8. The summed E-state index contributed by atoms with van der Waals surface area (Å²) in [5.41, 5.74) is 3.19. The van der Waals surface area contributed by atoms with Crippen molar-refractivity contribution in [2.24, 2.45) is 0 Å². The molecule has 1 aliphatic heterocycles. The van der Waals surface area contributed by atoms with Crippen LogP contribution in [0.3, 0.4) is 0 Å². The molecule has 0 amide bonds. The van der Waals surface area contributed by atoms with Crippen molar-refractivity contribution in [2.45, 2.75) is 19.6 Å². The van der Waals surface area contributed by atoms with Crippen molar-refractivity contribution in [3.63, 3.8) is 0 Å². The molecule has 0 aromatic heterocycles. The van der Waals surface area contributed by atoms with Crippen LogP contribution < -0.4 is 4.74 Å². The van der Waals surface area contributed by atoms with Crippen molar-refractivity contribution in [1.82, 2.24) is 4.90 Å². The Morgan fingerprint density at radius 3 is 2.52 bits per heavy atom. The number of hydrogen-bond acceptors (Lipinski definition) is 3. The fourth-order valence-corrected chi connectivity index (χ4v) is 2.72. The van der Waals surface area contributed by atoms with Gasteiger partial charge in [-0.15, -0.1) is 0 Å². The summed E-state index contributed by atoms with van der Waals surface area (Å²) in [5.74, 6) is 0.600. The maximum Gasteiger partial charge on any atom is 0.128 e. The Labute approximate surface area is 123 Å². The molecular weight excluding hydrogens is 267 g/mol. The highest BCUT2D eigenvalue weighted by Gasteiger charge is 2.24. The van der Waals surface area contributed by atoms with Crippen LogP contribution in [0.25, 0.3) is 0 Å². The van der Waals surface area contributed by atoms with Gasteiger partial charge in [0.15, 0.2) is 0 Å². The maximum absolute atomic E-state index is 13.9. The van der Waals surface area contributed by atoms with Crippen LogP contribution in [0, 0.1) is 17.1 Å². The fourth-order valence-electron chi connectivity index (χ4n) is 2.72. The lowest BCUT2D eigenvalue weighted by Gasteiger charge is -2.15. The van der Waals surface area contributed by atoms with Gasteiger partial charge in [-0.05, 0) is 35.4 Å². The summed E-state index contributed by atoms with van der Waals surface area (Å²) in [5, 5.41) is 9.12. The largest absolute Gasteiger partial charge is 0.497 e. The van der Waals surface area contributed by atoms with Crippen LogP contribution in [-0.4, -0.2) is 12.0 Å². The Balaban J connectivity index is 1.78. The smallest absolute Gasteiger partial charge is 0.128 e. The minimum absolute atomic E-state index is 0.221. The molecule has 21 heavy (non-hydrogen) atoms. The Morgan fingerprint density at radius 2 is 1.86 bits per heavy atom. The monoisotopic (exact) mass is 282 g/mol. The van der Waals surface area contributed by atoms with Crippen molar-refractivity contribution in [3.05, 3.63) is 64.5 Å². The van der Waals surface area contributed by atoms with Gasteiger partial charge in [0, 0.05) is 25.2 Å². The van der Waals surface area contributed by atoms with E-state index in [0.717, 1.165) is 23.4 Å². The number of benzene rings is 2. The van der Waals surface area contributed by atoms with Crippen LogP contribution in [0.2, 0.25) is 0 Å². The Bertz CT molecular complexity index is 704. The molecule has 0 saturated carbocycles. The van der Waals surface area contributed by atoms with Crippen LogP contribution >= 0.6 is 0 Å². The summed E-state index contributed by atoms with van der Waals surface area (Å²) in [6.07, 6.45) is 0. The van der Waals surface area contributed by atoms with E-state index < -0.39 is 0 Å². The van der Waals surface area contributed by atoms with Gasteiger partial charge < -0.3 is 4.74 Å². The molecule has 1 aliphatic rings. The fraction of sp³-hybridized carbons (Fsp3) is 0.235. The van der Waals surface area contributed by atoms with E-state index in [9.17, 15) is 4.39 Å². The van der Waals surface area contributed by atoms with Crippen LogP contribution in [0.5, 0.6) is 5.75 Å². The molecule has 3 rings (SSSR count). The minimum atomic E-state index is -0.221. The normalized spacial score (nSPS) is 13.8. The predicted molar refractivity (Wildman–Crippen MR) is 77.1 cm³/mol. The molecule has 1 heterocycles. The molecule has 0 aliphatic carbocycles. The van der Waals surface area contributed by atoms with Gasteiger partial charge in [-0.1, -0.05) is 12.1 Å². The molecule has 0 bridgehead atoms. The van der Waals surface area contributed by atoms with Gasteiger partial charge in [-0.3, -0.25) is 4.90 Å². The molecule has 0 radical (unpaired) electrons.